The molecule has 1 fully saturated rings. The zero-order valence-electron chi connectivity index (χ0n) is 11.8. The van der Waals surface area contributed by atoms with E-state index < -0.39 is 0 Å². The first-order valence-electron chi connectivity index (χ1n) is 6.97. The molecule has 0 bridgehead atoms. The van der Waals surface area contributed by atoms with Gasteiger partial charge in [0.25, 0.3) is 0 Å². The van der Waals surface area contributed by atoms with Crippen molar-refractivity contribution in [1.82, 2.24) is 25.1 Å². The third kappa shape index (κ3) is 2.71. The molecule has 1 saturated heterocycles. The second-order valence-electron chi connectivity index (χ2n) is 5.63. The van der Waals surface area contributed by atoms with Crippen molar-refractivity contribution in [3.63, 3.8) is 0 Å². The van der Waals surface area contributed by atoms with Crippen LogP contribution in [0.1, 0.15) is 13.8 Å². The zero-order valence-corrected chi connectivity index (χ0v) is 12.6. The van der Waals surface area contributed by atoms with E-state index in [0.717, 1.165) is 43.9 Å². The highest BCUT2D eigenvalue weighted by atomic mass is 35.5. The third-order valence-electron chi connectivity index (χ3n) is 3.56. The Balaban J connectivity index is 1.78. The predicted molar refractivity (Wildman–Crippen MR) is 80.2 cm³/mol. The molecule has 20 heavy (non-hydrogen) atoms. The van der Waals surface area contributed by atoms with Crippen molar-refractivity contribution in [2.24, 2.45) is 5.92 Å². The van der Waals surface area contributed by atoms with E-state index in [-0.39, 0.29) is 5.28 Å². The maximum atomic E-state index is 5.99. The number of hydrogen-bond donors (Lipinski definition) is 1. The molecule has 1 aliphatic rings. The Morgan fingerprint density at radius 2 is 2.00 bits per heavy atom. The minimum Gasteiger partial charge on any atom is -0.353 e. The first kappa shape index (κ1) is 13.6. The van der Waals surface area contributed by atoms with Gasteiger partial charge >= 0.3 is 0 Å². The van der Waals surface area contributed by atoms with Gasteiger partial charge in [-0.2, -0.15) is 15.1 Å². The van der Waals surface area contributed by atoms with Gasteiger partial charge in [-0.1, -0.05) is 13.8 Å². The molecule has 0 radical (unpaired) electrons. The Labute approximate surface area is 123 Å². The molecule has 0 aliphatic carbocycles. The smallest absolute Gasteiger partial charge is 0.226 e. The van der Waals surface area contributed by atoms with Crippen molar-refractivity contribution in [2.45, 2.75) is 13.8 Å². The van der Waals surface area contributed by atoms with Crippen molar-refractivity contribution >= 4 is 28.5 Å². The number of piperazine rings is 1. The number of rotatable bonds is 3. The summed E-state index contributed by atoms with van der Waals surface area (Å²) in [7, 11) is 0. The molecule has 0 atom stereocenters. The van der Waals surface area contributed by atoms with Crippen molar-refractivity contribution in [3.05, 3.63) is 11.5 Å². The lowest BCUT2D eigenvalue weighted by Gasteiger charge is -2.36. The van der Waals surface area contributed by atoms with E-state index in [1.54, 1.807) is 6.20 Å². The summed E-state index contributed by atoms with van der Waals surface area (Å²) in [6.07, 6.45) is 1.77. The lowest BCUT2D eigenvalue weighted by Crippen LogP contribution is -2.47. The molecule has 0 amide bonds. The number of anilines is 1. The number of hydrogen-bond acceptors (Lipinski definition) is 5. The molecule has 1 N–H and O–H groups in total. The molecule has 3 rings (SSSR count). The monoisotopic (exact) mass is 294 g/mol. The largest absolute Gasteiger partial charge is 0.353 e. The topological polar surface area (TPSA) is 60.9 Å². The summed E-state index contributed by atoms with van der Waals surface area (Å²) >= 11 is 5.99. The highest BCUT2D eigenvalue weighted by Gasteiger charge is 2.21. The van der Waals surface area contributed by atoms with Gasteiger partial charge in [0.05, 0.1) is 11.6 Å². The standard InChI is InChI=1S/C13H19ClN6/c1-9(2)8-19-3-5-20(6-4-19)12-10-7-15-18-11(10)16-13(14)17-12/h7,9H,3-6,8H2,1-2H3,(H,15,16,17,18). The van der Waals surface area contributed by atoms with Gasteiger partial charge in [-0.15, -0.1) is 0 Å². The Bertz CT molecular complexity index is 588. The van der Waals surface area contributed by atoms with Crippen LogP contribution in [0.5, 0.6) is 0 Å². The average Bonchev–Trinajstić information content (AvgIpc) is 2.86. The number of halogens is 1. The van der Waals surface area contributed by atoms with Gasteiger partial charge in [-0.25, -0.2) is 0 Å². The van der Waals surface area contributed by atoms with Crippen LogP contribution < -0.4 is 4.90 Å². The minimum atomic E-state index is 0.265. The third-order valence-corrected chi connectivity index (χ3v) is 3.73. The van der Waals surface area contributed by atoms with E-state index in [1.165, 1.54) is 0 Å². The fourth-order valence-corrected chi connectivity index (χ4v) is 2.86. The number of H-pyrrole nitrogens is 1. The molecule has 0 unspecified atom stereocenters. The average molecular weight is 295 g/mol. The van der Waals surface area contributed by atoms with Crippen molar-refractivity contribution in [2.75, 3.05) is 37.6 Å². The molecule has 0 saturated carbocycles. The van der Waals surface area contributed by atoms with Crippen LogP contribution in [-0.4, -0.2) is 57.8 Å². The summed E-state index contributed by atoms with van der Waals surface area (Å²) < 4.78 is 0. The molecule has 0 spiro atoms. The molecular formula is C13H19ClN6. The first-order valence-corrected chi connectivity index (χ1v) is 7.35. The van der Waals surface area contributed by atoms with E-state index >= 15 is 0 Å². The van der Waals surface area contributed by atoms with Crippen LogP contribution in [0, 0.1) is 5.92 Å². The Morgan fingerprint density at radius 1 is 1.25 bits per heavy atom. The first-order chi connectivity index (χ1) is 9.63. The number of nitrogens with zero attached hydrogens (tertiary/aromatic N) is 5. The van der Waals surface area contributed by atoms with E-state index in [2.05, 4.69) is 43.8 Å². The number of nitrogens with one attached hydrogen (secondary N) is 1. The van der Waals surface area contributed by atoms with E-state index in [0.29, 0.717) is 11.6 Å². The molecular weight excluding hydrogens is 276 g/mol. The van der Waals surface area contributed by atoms with Gasteiger partial charge < -0.3 is 4.90 Å². The highest BCUT2D eigenvalue weighted by molar-refractivity contribution is 6.28. The quantitative estimate of drug-likeness (QED) is 0.875. The normalized spacial score (nSPS) is 17.3. The van der Waals surface area contributed by atoms with Crippen LogP contribution in [0.15, 0.2) is 6.20 Å². The van der Waals surface area contributed by atoms with Gasteiger partial charge in [-0.3, -0.25) is 10.00 Å². The van der Waals surface area contributed by atoms with Crippen LogP contribution in [-0.2, 0) is 0 Å². The fourth-order valence-electron chi connectivity index (χ4n) is 2.69. The lowest BCUT2D eigenvalue weighted by atomic mass is 10.2. The Morgan fingerprint density at radius 3 is 2.70 bits per heavy atom. The molecule has 7 heteroatoms. The van der Waals surface area contributed by atoms with E-state index in [1.807, 2.05) is 0 Å². The molecule has 1 aliphatic heterocycles. The summed E-state index contributed by atoms with van der Waals surface area (Å²) in [5.41, 5.74) is 0.699. The number of aromatic amines is 1. The number of fused-ring (bicyclic) bond motifs is 1. The molecule has 6 nitrogen and oxygen atoms in total. The summed E-state index contributed by atoms with van der Waals surface area (Å²) in [4.78, 5) is 13.3. The minimum absolute atomic E-state index is 0.265. The van der Waals surface area contributed by atoms with Gasteiger partial charge in [0, 0.05) is 32.7 Å². The molecule has 0 aromatic carbocycles. The van der Waals surface area contributed by atoms with Crippen LogP contribution in [0.4, 0.5) is 5.82 Å². The van der Waals surface area contributed by atoms with Crippen LogP contribution in [0.2, 0.25) is 5.28 Å². The molecule has 2 aromatic rings. The highest BCUT2D eigenvalue weighted by Crippen LogP contribution is 2.24. The van der Waals surface area contributed by atoms with Crippen LogP contribution in [0.25, 0.3) is 11.0 Å². The van der Waals surface area contributed by atoms with E-state index in [9.17, 15) is 0 Å². The molecule has 3 heterocycles. The van der Waals surface area contributed by atoms with Crippen LogP contribution >= 0.6 is 11.6 Å². The van der Waals surface area contributed by atoms with Crippen molar-refractivity contribution in [1.29, 1.82) is 0 Å². The number of aromatic nitrogens is 4. The predicted octanol–water partition coefficient (Wildman–Crippen LogP) is 1.78. The summed E-state index contributed by atoms with van der Waals surface area (Å²) in [6, 6.07) is 0. The van der Waals surface area contributed by atoms with Crippen molar-refractivity contribution < 1.29 is 0 Å². The van der Waals surface area contributed by atoms with Gasteiger partial charge in [-0.05, 0) is 17.5 Å². The lowest BCUT2D eigenvalue weighted by molar-refractivity contribution is 0.231. The second kappa shape index (κ2) is 5.54. The maximum Gasteiger partial charge on any atom is 0.226 e. The van der Waals surface area contributed by atoms with Gasteiger partial charge in [0.15, 0.2) is 5.65 Å². The summed E-state index contributed by atoms with van der Waals surface area (Å²) in [5.74, 6) is 1.59. The second-order valence-corrected chi connectivity index (χ2v) is 5.97. The Hall–Kier alpha value is -1.40. The van der Waals surface area contributed by atoms with E-state index in [4.69, 9.17) is 11.6 Å². The molecule has 108 valence electrons. The van der Waals surface area contributed by atoms with Gasteiger partial charge in [0.1, 0.15) is 5.82 Å². The van der Waals surface area contributed by atoms with Crippen molar-refractivity contribution in [3.8, 4) is 0 Å². The van der Waals surface area contributed by atoms with Gasteiger partial charge in [0.2, 0.25) is 5.28 Å². The SMILES string of the molecule is CC(C)CN1CCN(c2nc(Cl)nc3[nH]ncc23)CC1. The Kier molecular flexibility index (Phi) is 3.76. The fraction of sp³-hybridized carbons (Fsp3) is 0.615. The molecule has 2 aromatic heterocycles. The maximum absolute atomic E-state index is 5.99. The summed E-state index contributed by atoms with van der Waals surface area (Å²) in [6.45, 7) is 9.69. The van der Waals surface area contributed by atoms with Crippen LogP contribution in [0.3, 0.4) is 0 Å². The summed E-state index contributed by atoms with van der Waals surface area (Å²) in [5, 5.41) is 8.08. The zero-order chi connectivity index (χ0) is 14.1.